The number of nitrogens with zero attached hydrogens (tertiary/aromatic N) is 1. The lowest BCUT2D eigenvalue weighted by Crippen LogP contribution is -2.44. The Balaban J connectivity index is 2.02. The number of amides is 2. The van der Waals surface area contributed by atoms with Crippen molar-refractivity contribution in [1.29, 1.82) is 0 Å². The van der Waals surface area contributed by atoms with Crippen LogP contribution in [0.15, 0.2) is 9.85 Å². The number of nitrogen functional groups attached to an aromatic ring is 1. The zero-order valence-electron chi connectivity index (χ0n) is 10.8. The summed E-state index contributed by atoms with van der Waals surface area (Å²) in [6.07, 6.45) is 1.57. The Morgan fingerprint density at radius 1 is 1.50 bits per heavy atom. The molecule has 0 aromatic carbocycles. The van der Waals surface area contributed by atoms with Crippen LogP contribution in [-0.4, -0.2) is 41.1 Å². The van der Waals surface area contributed by atoms with Crippen molar-refractivity contribution in [2.75, 3.05) is 18.8 Å². The van der Waals surface area contributed by atoms with Gasteiger partial charge in [0.05, 0.1) is 9.47 Å². The third-order valence-electron chi connectivity index (χ3n) is 3.21. The molecular weight excluding hydrogens is 346 g/mol. The highest BCUT2D eigenvalue weighted by Gasteiger charge is 2.24. The maximum Gasteiger partial charge on any atom is 0.407 e. The van der Waals surface area contributed by atoms with Gasteiger partial charge < -0.3 is 21.1 Å². The van der Waals surface area contributed by atoms with E-state index in [1.54, 1.807) is 6.07 Å². The largest absolute Gasteiger partial charge is 0.465 e. The SMILES string of the molecule is Nc1cc(Br)sc1C(=O)N[C@H]1CCCCN(C(=O)O)C1. The molecule has 1 aromatic heterocycles. The fourth-order valence-electron chi connectivity index (χ4n) is 2.24. The Morgan fingerprint density at radius 3 is 2.85 bits per heavy atom. The summed E-state index contributed by atoms with van der Waals surface area (Å²) < 4.78 is 0.799. The van der Waals surface area contributed by atoms with E-state index in [4.69, 9.17) is 10.8 Å². The van der Waals surface area contributed by atoms with Crippen molar-refractivity contribution in [2.24, 2.45) is 0 Å². The van der Waals surface area contributed by atoms with Crippen LogP contribution >= 0.6 is 27.3 Å². The number of thiophene rings is 1. The fraction of sp³-hybridized carbons (Fsp3) is 0.500. The molecule has 1 atom stereocenters. The van der Waals surface area contributed by atoms with E-state index >= 15 is 0 Å². The molecule has 2 rings (SSSR count). The van der Waals surface area contributed by atoms with E-state index in [0.29, 0.717) is 23.7 Å². The fourth-order valence-corrected chi connectivity index (χ4v) is 3.68. The number of nitrogens with two attached hydrogens (primary N) is 1. The van der Waals surface area contributed by atoms with Gasteiger partial charge in [0.2, 0.25) is 0 Å². The monoisotopic (exact) mass is 361 g/mol. The van der Waals surface area contributed by atoms with Crippen molar-refractivity contribution >= 4 is 45.0 Å². The summed E-state index contributed by atoms with van der Waals surface area (Å²) >= 11 is 4.56. The lowest BCUT2D eigenvalue weighted by Gasteiger charge is -2.22. The van der Waals surface area contributed by atoms with Gasteiger partial charge in [0.25, 0.3) is 5.91 Å². The minimum Gasteiger partial charge on any atom is -0.465 e. The van der Waals surface area contributed by atoms with Crippen LogP contribution in [0.1, 0.15) is 28.9 Å². The molecule has 0 radical (unpaired) electrons. The molecule has 0 bridgehead atoms. The molecule has 0 unspecified atom stereocenters. The Bertz CT molecular complexity index is 520. The number of hydrogen-bond donors (Lipinski definition) is 3. The van der Waals surface area contributed by atoms with E-state index in [1.807, 2.05) is 0 Å². The number of carboxylic acid groups (broad SMARTS) is 1. The summed E-state index contributed by atoms with van der Waals surface area (Å²) in [6.45, 7) is 0.849. The average Bonchev–Trinajstić information content (AvgIpc) is 2.60. The highest BCUT2D eigenvalue weighted by Crippen LogP contribution is 2.29. The van der Waals surface area contributed by atoms with Crippen LogP contribution in [0.25, 0.3) is 0 Å². The molecule has 2 amide bonds. The normalized spacial score (nSPS) is 19.4. The first kappa shape index (κ1) is 15.1. The summed E-state index contributed by atoms with van der Waals surface area (Å²) in [5.74, 6) is -0.240. The van der Waals surface area contributed by atoms with Gasteiger partial charge in [-0.05, 0) is 41.3 Å². The second-order valence-electron chi connectivity index (χ2n) is 4.73. The zero-order chi connectivity index (χ0) is 14.7. The van der Waals surface area contributed by atoms with Gasteiger partial charge in [-0.25, -0.2) is 4.79 Å². The molecule has 1 aliphatic heterocycles. The van der Waals surface area contributed by atoms with Crippen LogP contribution in [0.5, 0.6) is 0 Å². The average molecular weight is 362 g/mol. The standard InChI is InChI=1S/C12H16BrN3O3S/c13-9-5-8(14)10(20-9)11(17)15-7-3-1-2-4-16(6-7)12(18)19/h5,7H,1-4,6,14H2,(H,15,17)(H,18,19)/t7-/m0/s1. The number of carbonyl (C=O) groups excluding carboxylic acids is 1. The van der Waals surface area contributed by atoms with Gasteiger partial charge in [-0.2, -0.15) is 0 Å². The van der Waals surface area contributed by atoms with Gasteiger partial charge in [-0.1, -0.05) is 0 Å². The van der Waals surface area contributed by atoms with Crippen molar-refractivity contribution in [3.63, 3.8) is 0 Å². The third kappa shape index (κ3) is 3.63. The van der Waals surface area contributed by atoms with E-state index in [9.17, 15) is 9.59 Å². The first-order valence-corrected chi connectivity index (χ1v) is 7.92. The van der Waals surface area contributed by atoms with E-state index in [1.165, 1.54) is 16.2 Å². The summed E-state index contributed by atoms with van der Waals surface area (Å²) in [5, 5.41) is 11.9. The molecule has 1 saturated heterocycles. The Kier molecular flexibility index (Phi) is 4.87. The number of hydrogen-bond acceptors (Lipinski definition) is 4. The molecule has 2 heterocycles. The van der Waals surface area contributed by atoms with Crippen molar-refractivity contribution in [1.82, 2.24) is 10.2 Å². The first-order valence-electron chi connectivity index (χ1n) is 6.31. The number of rotatable bonds is 2. The summed E-state index contributed by atoms with van der Waals surface area (Å²) in [6, 6.07) is 1.53. The molecule has 110 valence electrons. The second-order valence-corrected chi connectivity index (χ2v) is 7.16. The van der Waals surface area contributed by atoms with Gasteiger partial charge in [0.15, 0.2) is 0 Å². The van der Waals surface area contributed by atoms with E-state index in [0.717, 1.165) is 23.0 Å². The van der Waals surface area contributed by atoms with Crippen LogP contribution in [0.4, 0.5) is 10.5 Å². The molecule has 0 aliphatic carbocycles. The third-order valence-corrected chi connectivity index (χ3v) is 4.87. The molecule has 1 fully saturated rings. The first-order chi connectivity index (χ1) is 9.47. The zero-order valence-corrected chi connectivity index (χ0v) is 13.2. The number of anilines is 1. The second kappa shape index (κ2) is 6.45. The molecule has 20 heavy (non-hydrogen) atoms. The van der Waals surface area contributed by atoms with E-state index in [2.05, 4.69) is 21.2 Å². The molecule has 6 nitrogen and oxygen atoms in total. The number of likely N-dealkylation sites (tertiary alicyclic amines) is 1. The van der Waals surface area contributed by atoms with Crippen LogP contribution in [0, 0.1) is 0 Å². The Labute approximate surface area is 129 Å². The van der Waals surface area contributed by atoms with Gasteiger partial charge in [-0.15, -0.1) is 11.3 Å². The Hall–Kier alpha value is -1.28. The predicted octanol–water partition coefficient (Wildman–Crippen LogP) is 2.36. The van der Waals surface area contributed by atoms with Crippen molar-refractivity contribution in [2.45, 2.75) is 25.3 Å². The lowest BCUT2D eigenvalue weighted by atomic mass is 10.1. The molecule has 1 aromatic rings. The molecule has 0 saturated carbocycles. The van der Waals surface area contributed by atoms with Gasteiger partial charge in [0, 0.05) is 19.1 Å². The van der Waals surface area contributed by atoms with Crippen LogP contribution < -0.4 is 11.1 Å². The molecule has 8 heteroatoms. The van der Waals surface area contributed by atoms with Crippen molar-refractivity contribution in [3.05, 3.63) is 14.7 Å². The van der Waals surface area contributed by atoms with Gasteiger partial charge >= 0.3 is 6.09 Å². The number of carbonyl (C=O) groups is 2. The van der Waals surface area contributed by atoms with Gasteiger partial charge in [0.1, 0.15) is 4.88 Å². The summed E-state index contributed by atoms with van der Waals surface area (Å²) in [5.41, 5.74) is 6.20. The quantitative estimate of drug-likeness (QED) is 0.753. The minimum atomic E-state index is -0.940. The van der Waals surface area contributed by atoms with Crippen LogP contribution in [-0.2, 0) is 0 Å². The predicted molar refractivity (Wildman–Crippen MR) is 81.1 cm³/mol. The van der Waals surface area contributed by atoms with Crippen LogP contribution in [0.2, 0.25) is 0 Å². The van der Waals surface area contributed by atoms with Gasteiger partial charge in [-0.3, -0.25) is 4.79 Å². The van der Waals surface area contributed by atoms with Crippen molar-refractivity contribution < 1.29 is 14.7 Å². The molecule has 4 N–H and O–H groups in total. The molecular formula is C12H16BrN3O3S. The topological polar surface area (TPSA) is 95.7 Å². The molecule has 0 spiro atoms. The maximum absolute atomic E-state index is 12.2. The smallest absolute Gasteiger partial charge is 0.407 e. The number of halogens is 1. The maximum atomic E-state index is 12.2. The molecule has 1 aliphatic rings. The lowest BCUT2D eigenvalue weighted by molar-refractivity contribution is 0.0925. The van der Waals surface area contributed by atoms with E-state index in [-0.39, 0.29) is 11.9 Å². The minimum absolute atomic E-state index is 0.165. The van der Waals surface area contributed by atoms with Crippen LogP contribution in [0.3, 0.4) is 0 Å². The van der Waals surface area contributed by atoms with Crippen molar-refractivity contribution in [3.8, 4) is 0 Å². The van der Waals surface area contributed by atoms with E-state index < -0.39 is 6.09 Å². The summed E-state index contributed by atoms with van der Waals surface area (Å²) in [7, 11) is 0. The number of nitrogens with one attached hydrogen (secondary N) is 1. The summed E-state index contributed by atoms with van der Waals surface area (Å²) in [4.78, 5) is 25.0. The highest BCUT2D eigenvalue weighted by atomic mass is 79.9. The highest BCUT2D eigenvalue weighted by molar-refractivity contribution is 9.11. The Morgan fingerprint density at radius 2 is 2.25 bits per heavy atom.